The van der Waals surface area contributed by atoms with Crippen molar-refractivity contribution < 1.29 is 4.39 Å². The number of para-hydroxylation sites is 1. The lowest BCUT2D eigenvalue weighted by molar-refractivity contribution is 0.331. The lowest BCUT2D eigenvalue weighted by Gasteiger charge is -2.15. The second-order valence-electron chi connectivity index (χ2n) is 6.52. The van der Waals surface area contributed by atoms with Crippen molar-refractivity contribution in [3.8, 4) is 0 Å². The van der Waals surface area contributed by atoms with Crippen molar-refractivity contribution in [2.24, 2.45) is 0 Å². The summed E-state index contributed by atoms with van der Waals surface area (Å²) in [5.74, 6) is 0.338. The third-order valence-corrected chi connectivity index (χ3v) is 4.67. The maximum Gasteiger partial charge on any atom is 0.149 e. The zero-order valence-corrected chi connectivity index (χ0v) is 14.1. The standard InChI is InChI=1S/C20H21FN4/c21-18-8-4-7-17-19(18)23-14-24-20(17)22-12-15-5-3-6-16(11-15)13-25-9-1-2-10-25/h3-8,11,14H,1-2,9-10,12-13H2,(H,22,23,24). The molecule has 25 heavy (non-hydrogen) atoms. The topological polar surface area (TPSA) is 41.0 Å². The molecule has 1 aliphatic heterocycles. The van der Waals surface area contributed by atoms with Crippen LogP contribution in [0.25, 0.3) is 10.9 Å². The number of rotatable bonds is 5. The van der Waals surface area contributed by atoms with E-state index in [1.165, 1.54) is 49.5 Å². The SMILES string of the molecule is Fc1cccc2c(NCc3cccc(CN4CCCC4)c3)ncnc12. The molecule has 0 radical (unpaired) electrons. The number of aromatic nitrogens is 2. The molecule has 0 atom stereocenters. The third-order valence-electron chi connectivity index (χ3n) is 4.67. The molecule has 0 saturated carbocycles. The van der Waals surface area contributed by atoms with Crippen LogP contribution in [0.15, 0.2) is 48.8 Å². The van der Waals surface area contributed by atoms with E-state index in [2.05, 4.69) is 44.5 Å². The maximum atomic E-state index is 13.9. The molecule has 1 aliphatic rings. The molecule has 4 nitrogen and oxygen atoms in total. The quantitative estimate of drug-likeness (QED) is 0.765. The van der Waals surface area contributed by atoms with E-state index in [0.29, 0.717) is 23.3 Å². The monoisotopic (exact) mass is 336 g/mol. The minimum atomic E-state index is -0.324. The summed E-state index contributed by atoms with van der Waals surface area (Å²) in [6.07, 6.45) is 4.01. The highest BCUT2D eigenvalue weighted by molar-refractivity contribution is 5.89. The molecule has 1 fully saturated rings. The van der Waals surface area contributed by atoms with Gasteiger partial charge in [0.2, 0.25) is 0 Å². The van der Waals surface area contributed by atoms with E-state index in [-0.39, 0.29) is 5.82 Å². The molecule has 3 aromatic rings. The number of nitrogens with one attached hydrogen (secondary N) is 1. The van der Waals surface area contributed by atoms with Crippen LogP contribution in [0.3, 0.4) is 0 Å². The lowest BCUT2D eigenvalue weighted by atomic mass is 10.1. The molecule has 2 heterocycles. The van der Waals surface area contributed by atoms with Crippen molar-refractivity contribution in [2.45, 2.75) is 25.9 Å². The second-order valence-corrected chi connectivity index (χ2v) is 6.52. The van der Waals surface area contributed by atoms with Crippen LogP contribution in [-0.4, -0.2) is 28.0 Å². The van der Waals surface area contributed by atoms with Crippen LogP contribution in [0.5, 0.6) is 0 Å². The molecule has 0 unspecified atom stereocenters. The Balaban J connectivity index is 1.49. The molecule has 1 N–H and O–H groups in total. The van der Waals surface area contributed by atoms with Crippen LogP contribution in [-0.2, 0) is 13.1 Å². The summed E-state index contributed by atoms with van der Waals surface area (Å²) < 4.78 is 13.9. The first-order valence-electron chi connectivity index (χ1n) is 8.73. The van der Waals surface area contributed by atoms with Crippen LogP contribution in [0.4, 0.5) is 10.2 Å². The van der Waals surface area contributed by atoms with Crippen molar-refractivity contribution in [2.75, 3.05) is 18.4 Å². The van der Waals surface area contributed by atoms with E-state index < -0.39 is 0 Å². The number of benzene rings is 2. The fourth-order valence-electron chi connectivity index (χ4n) is 3.42. The predicted molar refractivity (Wildman–Crippen MR) is 97.8 cm³/mol. The highest BCUT2D eigenvalue weighted by Gasteiger charge is 2.12. The molecule has 2 aromatic carbocycles. The number of likely N-dealkylation sites (tertiary alicyclic amines) is 1. The molecule has 1 aromatic heterocycles. The van der Waals surface area contributed by atoms with Crippen molar-refractivity contribution in [1.29, 1.82) is 0 Å². The fraction of sp³-hybridized carbons (Fsp3) is 0.300. The van der Waals surface area contributed by atoms with Crippen LogP contribution >= 0.6 is 0 Å². The summed E-state index contributed by atoms with van der Waals surface area (Å²) in [4.78, 5) is 10.8. The minimum absolute atomic E-state index is 0.324. The van der Waals surface area contributed by atoms with Gasteiger partial charge >= 0.3 is 0 Å². The third kappa shape index (κ3) is 3.61. The summed E-state index contributed by atoms with van der Waals surface area (Å²) >= 11 is 0. The van der Waals surface area contributed by atoms with Crippen molar-refractivity contribution in [3.05, 3.63) is 65.7 Å². The van der Waals surface area contributed by atoms with E-state index in [4.69, 9.17) is 0 Å². The largest absolute Gasteiger partial charge is 0.365 e. The Kier molecular flexibility index (Phi) is 4.57. The molecule has 5 heteroatoms. The Morgan fingerprint density at radius 2 is 1.80 bits per heavy atom. The highest BCUT2D eigenvalue weighted by atomic mass is 19.1. The summed E-state index contributed by atoms with van der Waals surface area (Å²) in [5, 5.41) is 4.03. The van der Waals surface area contributed by atoms with Gasteiger partial charge in [0.05, 0.1) is 0 Å². The van der Waals surface area contributed by atoms with Gasteiger partial charge in [-0.3, -0.25) is 4.90 Å². The highest BCUT2D eigenvalue weighted by Crippen LogP contribution is 2.22. The van der Waals surface area contributed by atoms with E-state index >= 15 is 0 Å². The Bertz CT molecular complexity index is 874. The molecule has 0 spiro atoms. The van der Waals surface area contributed by atoms with Crippen LogP contribution in [0, 0.1) is 5.82 Å². The zero-order valence-electron chi connectivity index (χ0n) is 14.1. The number of fused-ring (bicyclic) bond motifs is 1. The molecule has 0 bridgehead atoms. The molecular weight excluding hydrogens is 315 g/mol. The molecule has 0 amide bonds. The molecule has 4 rings (SSSR count). The average Bonchev–Trinajstić information content (AvgIpc) is 3.14. The lowest BCUT2D eigenvalue weighted by Crippen LogP contribution is -2.18. The Morgan fingerprint density at radius 3 is 2.68 bits per heavy atom. The van der Waals surface area contributed by atoms with Gasteiger partial charge in [-0.2, -0.15) is 0 Å². The molecule has 0 aliphatic carbocycles. The summed E-state index contributed by atoms with van der Waals surface area (Å²) in [7, 11) is 0. The van der Waals surface area contributed by atoms with Crippen LogP contribution < -0.4 is 5.32 Å². The predicted octanol–water partition coefficient (Wildman–Crippen LogP) is 3.98. The van der Waals surface area contributed by atoms with Crippen molar-refractivity contribution in [1.82, 2.24) is 14.9 Å². The number of anilines is 1. The van der Waals surface area contributed by atoms with Gasteiger partial charge in [0, 0.05) is 18.5 Å². The van der Waals surface area contributed by atoms with Gasteiger partial charge in [-0.15, -0.1) is 0 Å². The molecule has 1 saturated heterocycles. The zero-order chi connectivity index (χ0) is 17.1. The van der Waals surface area contributed by atoms with Crippen LogP contribution in [0.2, 0.25) is 0 Å². The van der Waals surface area contributed by atoms with E-state index in [9.17, 15) is 4.39 Å². The van der Waals surface area contributed by atoms with Crippen molar-refractivity contribution in [3.63, 3.8) is 0 Å². The van der Waals surface area contributed by atoms with Crippen LogP contribution in [0.1, 0.15) is 24.0 Å². The summed E-state index contributed by atoms with van der Waals surface area (Å²) in [6.45, 7) is 4.05. The van der Waals surface area contributed by atoms with Gasteiger partial charge in [-0.1, -0.05) is 30.3 Å². The number of halogens is 1. The van der Waals surface area contributed by atoms with E-state index in [1.807, 2.05) is 6.07 Å². The first kappa shape index (κ1) is 16.0. The first-order valence-corrected chi connectivity index (χ1v) is 8.73. The Hall–Kier alpha value is -2.53. The second kappa shape index (κ2) is 7.15. The van der Waals surface area contributed by atoms with E-state index in [0.717, 1.165) is 6.54 Å². The molecular formula is C20H21FN4. The number of hydrogen-bond donors (Lipinski definition) is 1. The van der Waals surface area contributed by atoms with Crippen molar-refractivity contribution >= 4 is 16.7 Å². The van der Waals surface area contributed by atoms with Gasteiger partial charge < -0.3 is 5.32 Å². The van der Waals surface area contributed by atoms with Gasteiger partial charge in [0.25, 0.3) is 0 Å². The van der Waals surface area contributed by atoms with Gasteiger partial charge in [-0.05, 0) is 49.2 Å². The number of hydrogen-bond acceptors (Lipinski definition) is 4. The average molecular weight is 336 g/mol. The first-order chi connectivity index (χ1) is 12.3. The molecule has 128 valence electrons. The maximum absolute atomic E-state index is 13.9. The normalized spacial score (nSPS) is 14.9. The fourth-order valence-corrected chi connectivity index (χ4v) is 3.42. The van der Waals surface area contributed by atoms with Gasteiger partial charge in [0.1, 0.15) is 23.5 Å². The Labute approximate surface area is 146 Å². The Morgan fingerprint density at radius 1 is 1.00 bits per heavy atom. The summed E-state index contributed by atoms with van der Waals surface area (Å²) in [6, 6.07) is 13.5. The van der Waals surface area contributed by atoms with Gasteiger partial charge in [0.15, 0.2) is 0 Å². The van der Waals surface area contributed by atoms with E-state index in [1.54, 1.807) is 6.07 Å². The number of nitrogens with zero attached hydrogens (tertiary/aromatic N) is 3. The van der Waals surface area contributed by atoms with Gasteiger partial charge in [-0.25, -0.2) is 14.4 Å². The summed E-state index contributed by atoms with van der Waals surface area (Å²) in [5.41, 5.74) is 2.88. The minimum Gasteiger partial charge on any atom is -0.365 e. The smallest absolute Gasteiger partial charge is 0.149 e.